The molecule has 0 saturated heterocycles. The number of halogens is 2. The minimum absolute atomic E-state index is 0.0529. The maximum atomic E-state index is 13.8. The molecule has 0 saturated carbocycles. The van der Waals surface area contributed by atoms with Crippen LogP contribution in [0.1, 0.15) is 25.5 Å². The average Bonchev–Trinajstić information content (AvgIpc) is 2.17. The van der Waals surface area contributed by atoms with Gasteiger partial charge in [0, 0.05) is 10.0 Å². The molecule has 1 aromatic rings. The maximum absolute atomic E-state index is 13.8. The lowest BCUT2D eigenvalue weighted by atomic mass is 9.98. The van der Waals surface area contributed by atoms with Gasteiger partial charge in [0.2, 0.25) is 0 Å². The summed E-state index contributed by atoms with van der Waals surface area (Å²) in [4.78, 5) is 0. The standard InChI is InChI=1S/C11H14BrFO2/c1-6(2)11(14)9-7(12)4-5-8(15-3)10(9)13/h4-6,11,14H,1-3H3. The summed E-state index contributed by atoms with van der Waals surface area (Å²) in [6.07, 6.45) is -0.838. The molecule has 1 atom stereocenters. The summed E-state index contributed by atoms with van der Waals surface area (Å²) in [7, 11) is 1.40. The van der Waals surface area contributed by atoms with Crippen molar-refractivity contribution in [3.05, 3.63) is 28.0 Å². The van der Waals surface area contributed by atoms with Gasteiger partial charge in [-0.1, -0.05) is 29.8 Å². The minimum atomic E-state index is -0.838. The Kier molecular flexibility index (Phi) is 4.11. The van der Waals surface area contributed by atoms with Gasteiger partial charge in [-0.2, -0.15) is 0 Å². The van der Waals surface area contributed by atoms with Crippen LogP contribution in [0.25, 0.3) is 0 Å². The zero-order chi connectivity index (χ0) is 11.6. The second kappa shape index (κ2) is 4.94. The Morgan fingerprint density at radius 2 is 2.00 bits per heavy atom. The lowest BCUT2D eigenvalue weighted by molar-refractivity contribution is 0.121. The van der Waals surface area contributed by atoms with Crippen molar-refractivity contribution < 1.29 is 14.2 Å². The first-order chi connectivity index (χ1) is 6.99. The van der Waals surface area contributed by atoms with Crippen LogP contribution in [0.5, 0.6) is 5.75 Å². The first-order valence-electron chi connectivity index (χ1n) is 4.69. The minimum Gasteiger partial charge on any atom is -0.494 e. The van der Waals surface area contributed by atoms with Crippen LogP contribution in [-0.2, 0) is 0 Å². The van der Waals surface area contributed by atoms with Crippen LogP contribution in [0.2, 0.25) is 0 Å². The molecule has 0 amide bonds. The van der Waals surface area contributed by atoms with Gasteiger partial charge in [0.05, 0.1) is 13.2 Å². The van der Waals surface area contributed by atoms with Crippen LogP contribution in [0, 0.1) is 11.7 Å². The molecule has 0 bridgehead atoms. The molecule has 0 radical (unpaired) electrons. The highest BCUT2D eigenvalue weighted by Crippen LogP contribution is 2.34. The second-order valence-electron chi connectivity index (χ2n) is 3.67. The summed E-state index contributed by atoms with van der Waals surface area (Å²) in [6.45, 7) is 3.66. The van der Waals surface area contributed by atoms with Gasteiger partial charge in [-0.25, -0.2) is 4.39 Å². The number of benzene rings is 1. The molecule has 1 aromatic carbocycles. The van der Waals surface area contributed by atoms with E-state index in [1.165, 1.54) is 13.2 Å². The van der Waals surface area contributed by atoms with Gasteiger partial charge >= 0.3 is 0 Å². The molecule has 1 rings (SSSR count). The van der Waals surface area contributed by atoms with Gasteiger partial charge in [-0.3, -0.25) is 0 Å². The van der Waals surface area contributed by atoms with Crippen LogP contribution in [0.15, 0.2) is 16.6 Å². The van der Waals surface area contributed by atoms with Crippen LogP contribution >= 0.6 is 15.9 Å². The van der Waals surface area contributed by atoms with E-state index in [-0.39, 0.29) is 17.2 Å². The third-order valence-corrected chi connectivity index (χ3v) is 2.93. The lowest BCUT2D eigenvalue weighted by Crippen LogP contribution is -2.09. The number of hydrogen-bond donors (Lipinski definition) is 1. The average molecular weight is 277 g/mol. The summed E-state index contributed by atoms with van der Waals surface area (Å²) in [6, 6.07) is 3.19. The highest BCUT2D eigenvalue weighted by Gasteiger charge is 2.22. The fraction of sp³-hybridized carbons (Fsp3) is 0.455. The Bertz CT molecular complexity index is 353. The van der Waals surface area contributed by atoms with Crippen molar-refractivity contribution >= 4 is 15.9 Å². The normalized spacial score (nSPS) is 13.0. The van der Waals surface area contributed by atoms with Gasteiger partial charge in [0.25, 0.3) is 0 Å². The van der Waals surface area contributed by atoms with Crippen molar-refractivity contribution in [2.75, 3.05) is 7.11 Å². The number of aliphatic hydroxyl groups is 1. The highest BCUT2D eigenvalue weighted by atomic mass is 79.9. The molecule has 1 unspecified atom stereocenters. The molecule has 1 N–H and O–H groups in total. The monoisotopic (exact) mass is 276 g/mol. The Morgan fingerprint density at radius 3 is 2.47 bits per heavy atom. The third kappa shape index (κ3) is 2.49. The van der Waals surface area contributed by atoms with Gasteiger partial charge in [0.15, 0.2) is 11.6 Å². The molecule has 0 aromatic heterocycles. The molecule has 4 heteroatoms. The molecule has 0 aliphatic heterocycles. The Morgan fingerprint density at radius 1 is 1.40 bits per heavy atom. The SMILES string of the molecule is COc1ccc(Br)c(C(O)C(C)C)c1F. The molecule has 0 fully saturated rings. The fourth-order valence-electron chi connectivity index (χ4n) is 1.31. The van der Waals surface area contributed by atoms with Crippen molar-refractivity contribution in [1.29, 1.82) is 0 Å². The largest absolute Gasteiger partial charge is 0.494 e. The van der Waals surface area contributed by atoms with E-state index in [4.69, 9.17) is 4.74 Å². The number of aliphatic hydroxyl groups excluding tert-OH is 1. The molecule has 2 nitrogen and oxygen atoms in total. The third-order valence-electron chi connectivity index (χ3n) is 2.24. The van der Waals surface area contributed by atoms with Crippen molar-refractivity contribution in [3.63, 3.8) is 0 Å². The topological polar surface area (TPSA) is 29.5 Å². The molecular weight excluding hydrogens is 263 g/mol. The zero-order valence-electron chi connectivity index (χ0n) is 8.92. The zero-order valence-corrected chi connectivity index (χ0v) is 10.5. The fourth-order valence-corrected chi connectivity index (χ4v) is 1.85. The number of methoxy groups -OCH3 is 1. The number of rotatable bonds is 3. The van der Waals surface area contributed by atoms with Gasteiger partial charge in [0.1, 0.15) is 0 Å². The van der Waals surface area contributed by atoms with Crippen LogP contribution in [0.3, 0.4) is 0 Å². The van der Waals surface area contributed by atoms with Crippen molar-refractivity contribution in [3.8, 4) is 5.75 Å². The summed E-state index contributed by atoms with van der Waals surface area (Å²) in [5, 5.41) is 9.85. The molecule has 0 heterocycles. The summed E-state index contributed by atoms with van der Waals surface area (Å²) < 4.78 is 19.3. The summed E-state index contributed by atoms with van der Waals surface area (Å²) in [5.41, 5.74) is 0.254. The van der Waals surface area contributed by atoms with E-state index in [1.54, 1.807) is 6.07 Å². The van der Waals surface area contributed by atoms with E-state index in [0.717, 1.165) is 0 Å². The molecular formula is C11H14BrFO2. The lowest BCUT2D eigenvalue weighted by Gasteiger charge is -2.18. The van der Waals surface area contributed by atoms with E-state index in [0.29, 0.717) is 4.47 Å². The molecule has 84 valence electrons. The molecule has 0 spiro atoms. The summed E-state index contributed by atoms with van der Waals surface area (Å²) >= 11 is 3.22. The molecule has 0 aliphatic rings. The van der Waals surface area contributed by atoms with Crippen molar-refractivity contribution in [2.45, 2.75) is 20.0 Å². The van der Waals surface area contributed by atoms with Gasteiger partial charge in [-0.05, 0) is 18.1 Å². The van der Waals surface area contributed by atoms with Crippen LogP contribution in [-0.4, -0.2) is 12.2 Å². The van der Waals surface area contributed by atoms with E-state index in [9.17, 15) is 9.50 Å². The predicted octanol–water partition coefficient (Wildman–Crippen LogP) is 3.29. The second-order valence-corrected chi connectivity index (χ2v) is 4.52. The maximum Gasteiger partial charge on any atom is 0.171 e. The Hall–Kier alpha value is -0.610. The van der Waals surface area contributed by atoms with Gasteiger partial charge in [-0.15, -0.1) is 0 Å². The predicted molar refractivity (Wildman–Crippen MR) is 60.4 cm³/mol. The van der Waals surface area contributed by atoms with Crippen LogP contribution in [0.4, 0.5) is 4.39 Å². The number of hydrogen-bond acceptors (Lipinski definition) is 2. The summed E-state index contributed by atoms with van der Waals surface area (Å²) in [5.74, 6) is -0.413. The van der Waals surface area contributed by atoms with E-state index < -0.39 is 11.9 Å². The van der Waals surface area contributed by atoms with E-state index in [2.05, 4.69) is 15.9 Å². The van der Waals surface area contributed by atoms with Crippen molar-refractivity contribution in [2.24, 2.45) is 5.92 Å². The van der Waals surface area contributed by atoms with E-state index in [1.807, 2.05) is 13.8 Å². The quantitative estimate of drug-likeness (QED) is 0.918. The first-order valence-corrected chi connectivity index (χ1v) is 5.48. The highest BCUT2D eigenvalue weighted by molar-refractivity contribution is 9.10. The molecule has 15 heavy (non-hydrogen) atoms. The first kappa shape index (κ1) is 12.5. The smallest absolute Gasteiger partial charge is 0.171 e. The Balaban J connectivity index is 3.26. The van der Waals surface area contributed by atoms with Crippen LogP contribution < -0.4 is 4.74 Å². The van der Waals surface area contributed by atoms with E-state index >= 15 is 0 Å². The number of ether oxygens (including phenoxy) is 1. The molecule has 0 aliphatic carbocycles. The van der Waals surface area contributed by atoms with Gasteiger partial charge < -0.3 is 9.84 Å². The van der Waals surface area contributed by atoms with Crippen molar-refractivity contribution in [1.82, 2.24) is 0 Å². The Labute approximate surface area is 97.2 Å².